The van der Waals surface area contributed by atoms with E-state index in [4.69, 9.17) is 5.11 Å². The van der Waals surface area contributed by atoms with E-state index in [9.17, 15) is 4.79 Å². The summed E-state index contributed by atoms with van der Waals surface area (Å²) >= 11 is 0. The maximum Gasteiger partial charge on any atom is 0.303 e. The Morgan fingerprint density at radius 3 is 2.80 bits per heavy atom. The quantitative estimate of drug-likeness (QED) is 0.817. The summed E-state index contributed by atoms with van der Waals surface area (Å²) in [5, 5.41) is 8.51. The minimum Gasteiger partial charge on any atom is -0.481 e. The van der Waals surface area contributed by atoms with Crippen LogP contribution in [0.2, 0.25) is 0 Å². The highest BCUT2D eigenvalue weighted by Gasteiger charge is 1.97. The number of aliphatic carboxylic acids is 1. The molecule has 0 atom stereocenters. The van der Waals surface area contributed by atoms with Crippen LogP contribution in [0.1, 0.15) is 30.9 Å². The van der Waals surface area contributed by atoms with E-state index in [0.29, 0.717) is 6.42 Å². The van der Waals surface area contributed by atoms with Crippen LogP contribution in [0.5, 0.6) is 0 Å². The van der Waals surface area contributed by atoms with Gasteiger partial charge < -0.3 is 5.11 Å². The number of hydrogen-bond acceptors (Lipinski definition) is 1. The molecule has 0 saturated heterocycles. The molecular weight excluding hydrogens is 188 g/mol. The summed E-state index contributed by atoms with van der Waals surface area (Å²) < 4.78 is 0. The van der Waals surface area contributed by atoms with Gasteiger partial charge in [-0.1, -0.05) is 35.9 Å². The molecule has 0 unspecified atom stereocenters. The lowest BCUT2D eigenvalue weighted by atomic mass is 10.0. The van der Waals surface area contributed by atoms with Crippen molar-refractivity contribution in [3.05, 3.63) is 41.5 Å². The Balaban J connectivity index is 2.67. The Morgan fingerprint density at radius 2 is 2.20 bits per heavy atom. The van der Waals surface area contributed by atoms with E-state index in [-0.39, 0.29) is 6.42 Å². The lowest BCUT2D eigenvalue weighted by Gasteiger charge is -2.02. The maximum absolute atomic E-state index is 10.3. The molecule has 1 aromatic carbocycles. The van der Waals surface area contributed by atoms with Crippen molar-refractivity contribution in [3.63, 3.8) is 0 Å². The highest BCUT2D eigenvalue weighted by atomic mass is 16.4. The third-order valence-electron chi connectivity index (χ3n) is 2.28. The molecule has 0 aliphatic heterocycles. The van der Waals surface area contributed by atoms with E-state index < -0.39 is 5.97 Å². The van der Waals surface area contributed by atoms with Crippen molar-refractivity contribution in [1.82, 2.24) is 0 Å². The molecular formula is C13H16O2. The van der Waals surface area contributed by atoms with Gasteiger partial charge in [-0.2, -0.15) is 0 Å². The van der Waals surface area contributed by atoms with E-state index >= 15 is 0 Å². The second kappa shape index (κ2) is 5.35. The van der Waals surface area contributed by atoms with Gasteiger partial charge in [0, 0.05) is 6.42 Å². The second-order valence-corrected chi connectivity index (χ2v) is 3.69. The monoisotopic (exact) mass is 204 g/mol. The minimum absolute atomic E-state index is 0.198. The number of hydrogen-bond donors (Lipinski definition) is 1. The predicted octanol–water partition coefficient (Wildman–Crippen LogP) is 3.26. The third-order valence-corrected chi connectivity index (χ3v) is 2.28. The first kappa shape index (κ1) is 11.5. The van der Waals surface area contributed by atoms with Gasteiger partial charge in [-0.05, 0) is 31.4 Å². The average Bonchev–Trinajstić information content (AvgIpc) is 2.17. The van der Waals surface area contributed by atoms with E-state index in [0.717, 1.165) is 5.57 Å². The first-order valence-electron chi connectivity index (χ1n) is 5.05. The van der Waals surface area contributed by atoms with Crippen molar-refractivity contribution in [2.75, 3.05) is 0 Å². The van der Waals surface area contributed by atoms with Crippen LogP contribution in [0, 0.1) is 6.92 Å². The van der Waals surface area contributed by atoms with Gasteiger partial charge in [0.1, 0.15) is 0 Å². The standard InChI is InChI=1S/C13H16O2/c1-10-5-3-7-12(9-10)11(2)6-4-8-13(14)15/h3,5-7,9H,4,8H2,1-2H3,(H,14,15)/b11-6+. The van der Waals surface area contributed by atoms with Gasteiger partial charge >= 0.3 is 5.97 Å². The number of aryl methyl sites for hydroxylation is 1. The van der Waals surface area contributed by atoms with Gasteiger partial charge in [-0.3, -0.25) is 4.79 Å². The van der Waals surface area contributed by atoms with Crippen LogP contribution in [-0.4, -0.2) is 11.1 Å². The molecule has 0 amide bonds. The van der Waals surface area contributed by atoms with Crippen molar-refractivity contribution >= 4 is 11.5 Å². The van der Waals surface area contributed by atoms with Crippen LogP contribution >= 0.6 is 0 Å². The molecule has 80 valence electrons. The van der Waals surface area contributed by atoms with Crippen molar-refractivity contribution in [1.29, 1.82) is 0 Å². The summed E-state index contributed by atoms with van der Waals surface area (Å²) in [6.07, 6.45) is 2.77. The Kier molecular flexibility index (Phi) is 4.10. The average molecular weight is 204 g/mol. The Bertz CT molecular complexity index is 378. The number of rotatable bonds is 4. The first-order chi connectivity index (χ1) is 7.09. The van der Waals surface area contributed by atoms with Crippen molar-refractivity contribution < 1.29 is 9.90 Å². The van der Waals surface area contributed by atoms with Crippen LogP contribution < -0.4 is 0 Å². The summed E-state index contributed by atoms with van der Waals surface area (Å²) in [6, 6.07) is 8.21. The first-order valence-corrected chi connectivity index (χ1v) is 5.05. The molecule has 0 radical (unpaired) electrons. The normalized spacial score (nSPS) is 11.5. The van der Waals surface area contributed by atoms with Crippen LogP contribution in [0.15, 0.2) is 30.3 Å². The fourth-order valence-corrected chi connectivity index (χ4v) is 1.42. The maximum atomic E-state index is 10.3. The number of allylic oxidation sites excluding steroid dienone is 2. The minimum atomic E-state index is -0.747. The molecule has 0 spiro atoms. The smallest absolute Gasteiger partial charge is 0.303 e. The molecule has 2 nitrogen and oxygen atoms in total. The van der Waals surface area contributed by atoms with Crippen molar-refractivity contribution in [2.24, 2.45) is 0 Å². The highest BCUT2D eigenvalue weighted by molar-refractivity contribution is 5.68. The molecule has 0 aromatic heterocycles. The molecule has 0 heterocycles. The molecule has 1 aromatic rings. The molecule has 0 fully saturated rings. The Labute approximate surface area is 90.3 Å². The largest absolute Gasteiger partial charge is 0.481 e. The number of carboxylic acids is 1. The fraction of sp³-hybridized carbons (Fsp3) is 0.308. The second-order valence-electron chi connectivity index (χ2n) is 3.69. The lowest BCUT2D eigenvalue weighted by molar-refractivity contribution is -0.136. The van der Waals surface area contributed by atoms with Crippen LogP contribution in [0.25, 0.3) is 5.57 Å². The zero-order chi connectivity index (χ0) is 11.3. The molecule has 1 N–H and O–H groups in total. The topological polar surface area (TPSA) is 37.3 Å². The van der Waals surface area contributed by atoms with Gasteiger partial charge in [0.2, 0.25) is 0 Å². The zero-order valence-corrected chi connectivity index (χ0v) is 9.16. The van der Waals surface area contributed by atoms with Gasteiger partial charge in [-0.25, -0.2) is 0 Å². The summed E-state index contributed by atoms with van der Waals surface area (Å²) in [5.74, 6) is -0.747. The van der Waals surface area contributed by atoms with Gasteiger partial charge in [0.15, 0.2) is 0 Å². The predicted molar refractivity (Wildman–Crippen MR) is 61.7 cm³/mol. The Hall–Kier alpha value is -1.57. The summed E-state index contributed by atoms with van der Waals surface area (Å²) in [6.45, 7) is 4.06. The SMILES string of the molecule is C/C(=C\CCC(=O)O)c1cccc(C)c1. The van der Waals surface area contributed by atoms with Crippen LogP contribution in [0.3, 0.4) is 0 Å². The lowest BCUT2D eigenvalue weighted by Crippen LogP contribution is -1.92. The zero-order valence-electron chi connectivity index (χ0n) is 9.16. The van der Waals surface area contributed by atoms with Crippen LogP contribution in [0.4, 0.5) is 0 Å². The molecule has 1 rings (SSSR count). The van der Waals surface area contributed by atoms with E-state index in [1.807, 2.05) is 38.1 Å². The van der Waals surface area contributed by atoms with E-state index in [1.165, 1.54) is 11.1 Å². The van der Waals surface area contributed by atoms with Crippen molar-refractivity contribution in [2.45, 2.75) is 26.7 Å². The van der Waals surface area contributed by atoms with Gasteiger partial charge in [0.25, 0.3) is 0 Å². The third kappa shape index (κ3) is 3.98. The molecule has 0 bridgehead atoms. The number of carboxylic acid groups (broad SMARTS) is 1. The van der Waals surface area contributed by atoms with E-state index in [1.54, 1.807) is 0 Å². The summed E-state index contributed by atoms with van der Waals surface area (Å²) in [5.41, 5.74) is 3.53. The Morgan fingerprint density at radius 1 is 1.47 bits per heavy atom. The summed E-state index contributed by atoms with van der Waals surface area (Å²) in [4.78, 5) is 10.3. The molecule has 0 aliphatic rings. The molecule has 2 heteroatoms. The highest BCUT2D eigenvalue weighted by Crippen LogP contribution is 2.15. The molecule has 0 saturated carbocycles. The van der Waals surface area contributed by atoms with Gasteiger partial charge in [0.05, 0.1) is 0 Å². The number of benzene rings is 1. The molecule has 0 aliphatic carbocycles. The van der Waals surface area contributed by atoms with Crippen LogP contribution in [-0.2, 0) is 4.79 Å². The van der Waals surface area contributed by atoms with Crippen molar-refractivity contribution in [3.8, 4) is 0 Å². The van der Waals surface area contributed by atoms with Gasteiger partial charge in [-0.15, -0.1) is 0 Å². The van der Waals surface area contributed by atoms with E-state index in [2.05, 4.69) is 6.07 Å². The molecule has 15 heavy (non-hydrogen) atoms. The summed E-state index contributed by atoms with van der Waals surface area (Å²) in [7, 11) is 0. The number of carbonyl (C=O) groups is 1. The fourth-order valence-electron chi connectivity index (χ4n) is 1.42.